The summed E-state index contributed by atoms with van der Waals surface area (Å²) >= 11 is 0. The molecule has 0 aliphatic carbocycles. The second-order valence-electron chi connectivity index (χ2n) is 7.87. The quantitative estimate of drug-likeness (QED) is 0.606. The number of hydrogen-bond acceptors (Lipinski definition) is 5. The van der Waals surface area contributed by atoms with Gasteiger partial charge in [-0.15, -0.1) is 0 Å². The molecule has 3 aromatic rings. The van der Waals surface area contributed by atoms with Crippen molar-refractivity contribution in [2.45, 2.75) is 32.4 Å². The molecular formula is C25H23LiN4O3. The Morgan fingerprint density at radius 1 is 1.15 bits per heavy atom. The number of pyridine rings is 1. The van der Waals surface area contributed by atoms with Crippen molar-refractivity contribution in [3.63, 3.8) is 0 Å². The zero-order valence-corrected chi connectivity index (χ0v) is 18.7. The Kier molecular flexibility index (Phi) is 7.23. The molecule has 1 amide bonds. The van der Waals surface area contributed by atoms with Gasteiger partial charge in [0.1, 0.15) is 11.9 Å². The molecule has 8 heteroatoms. The molecule has 2 aromatic carbocycles. The Bertz CT molecular complexity index is 1230. The van der Waals surface area contributed by atoms with Crippen molar-refractivity contribution in [2.75, 3.05) is 10.2 Å². The zero-order chi connectivity index (χ0) is 22.8. The van der Waals surface area contributed by atoms with E-state index in [0.717, 1.165) is 22.4 Å². The molecule has 0 spiro atoms. The van der Waals surface area contributed by atoms with Crippen LogP contribution >= 0.6 is 0 Å². The molecule has 0 bridgehead atoms. The number of carbonyl (C=O) groups excluding carboxylic acids is 1. The minimum Gasteiger partial charge on any atom is -1.00 e. The molecule has 1 aromatic heterocycles. The predicted octanol–water partition coefficient (Wildman–Crippen LogP) is 1.73. The third-order valence-corrected chi connectivity index (χ3v) is 5.70. The fraction of sp³-hybridized carbons (Fsp3) is 0.200. The Morgan fingerprint density at radius 3 is 2.42 bits per heavy atom. The molecule has 2 heterocycles. The summed E-state index contributed by atoms with van der Waals surface area (Å²) in [6.45, 7) is 3.58. The van der Waals surface area contributed by atoms with Gasteiger partial charge in [0.05, 0.1) is 17.2 Å². The van der Waals surface area contributed by atoms with Crippen LogP contribution in [0.4, 0.5) is 11.5 Å². The van der Waals surface area contributed by atoms with Crippen molar-refractivity contribution in [1.29, 1.82) is 5.26 Å². The van der Waals surface area contributed by atoms with E-state index in [9.17, 15) is 9.59 Å². The number of benzene rings is 2. The number of carbonyl (C=O) groups is 2. The Labute approximate surface area is 205 Å². The molecule has 0 radical (unpaired) electrons. The van der Waals surface area contributed by atoms with Gasteiger partial charge in [-0.05, 0) is 66.4 Å². The minimum absolute atomic E-state index is 0. The van der Waals surface area contributed by atoms with Gasteiger partial charge < -0.3 is 16.7 Å². The van der Waals surface area contributed by atoms with Gasteiger partial charge in [0.2, 0.25) is 5.91 Å². The second-order valence-corrected chi connectivity index (χ2v) is 7.87. The smallest absolute Gasteiger partial charge is 1.00 e. The summed E-state index contributed by atoms with van der Waals surface area (Å²) in [4.78, 5) is 29.7. The number of aromatic carboxylic acids is 1. The van der Waals surface area contributed by atoms with E-state index < -0.39 is 5.97 Å². The standard InChI is InChI=1S/C25H22N4O3.Li.H/c1-15-11-22(28-24-10-3-17(13-26)14-27-24)21-12-20(8-9-23(21)29(15)16(2)30)18-4-6-19(7-5-18)25(31)32;;/h3-10,12,14-15,22H,11H2,1-2H3,(H,27,28)(H,31,32);;/q;+1;-1/t15-,22+;;/m0../s1. The molecule has 33 heavy (non-hydrogen) atoms. The van der Waals surface area contributed by atoms with Crippen LogP contribution in [0.15, 0.2) is 60.8 Å². The van der Waals surface area contributed by atoms with Crippen LogP contribution in [0.1, 0.15) is 49.2 Å². The van der Waals surface area contributed by atoms with E-state index in [-0.39, 0.29) is 43.8 Å². The number of anilines is 2. The number of hydrogen-bond donors (Lipinski definition) is 2. The van der Waals surface area contributed by atoms with Gasteiger partial charge >= 0.3 is 24.8 Å². The van der Waals surface area contributed by atoms with Gasteiger partial charge in [0.15, 0.2) is 0 Å². The van der Waals surface area contributed by atoms with Crippen LogP contribution in [0.2, 0.25) is 0 Å². The zero-order valence-electron chi connectivity index (χ0n) is 19.7. The van der Waals surface area contributed by atoms with Crippen molar-refractivity contribution in [3.8, 4) is 17.2 Å². The van der Waals surface area contributed by atoms with E-state index in [1.54, 1.807) is 48.2 Å². The van der Waals surface area contributed by atoms with Crippen LogP contribution < -0.4 is 29.1 Å². The first-order valence-corrected chi connectivity index (χ1v) is 10.3. The van der Waals surface area contributed by atoms with Crippen LogP contribution in [0.5, 0.6) is 0 Å². The largest absolute Gasteiger partial charge is 1.00 e. The first-order chi connectivity index (χ1) is 15.4. The SMILES string of the molecule is CC(=O)N1c2ccc(-c3ccc(C(=O)O)cc3)cc2[C@H](Nc2ccc(C#N)cn2)C[C@@H]1C.[H-].[Li+]. The van der Waals surface area contributed by atoms with Gasteiger partial charge in [-0.1, -0.05) is 18.2 Å². The van der Waals surface area contributed by atoms with Gasteiger partial charge in [-0.2, -0.15) is 5.26 Å². The van der Waals surface area contributed by atoms with Crippen molar-refractivity contribution in [2.24, 2.45) is 0 Å². The number of rotatable bonds is 4. The maximum absolute atomic E-state index is 12.4. The van der Waals surface area contributed by atoms with E-state index in [2.05, 4.69) is 16.4 Å². The first-order valence-electron chi connectivity index (χ1n) is 10.3. The number of fused-ring (bicyclic) bond motifs is 1. The van der Waals surface area contributed by atoms with Crippen LogP contribution in [0.3, 0.4) is 0 Å². The van der Waals surface area contributed by atoms with E-state index in [1.165, 1.54) is 6.20 Å². The molecule has 0 fully saturated rings. The molecule has 162 valence electrons. The van der Waals surface area contributed by atoms with Gasteiger partial charge in [-0.3, -0.25) is 4.79 Å². The molecule has 0 unspecified atom stereocenters. The maximum Gasteiger partial charge on any atom is 1.00 e. The van der Waals surface area contributed by atoms with E-state index in [1.807, 2.05) is 25.1 Å². The van der Waals surface area contributed by atoms with Crippen molar-refractivity contribution in [1.82, 2.24) is 4.98 Å². The van der Waals surface area contributed by atoms with Crippen LogP contribution in [-0.4, -0.2) is 28.0 Å². The number of carboxylic acid groups (broad SMARTS) is 1. The van der Waals surface area contributed by atoms with Gasteiger partial charge in [0, 0.05) is 24.8 Å². The average Bonchev–Trinajstić information content (AvgIpc) is 2.79. The summed E-state index contributed by atoms with van der Waals surface area (Å²) in [6, 6.07) is 18.1. The normalized spacial score (nSPS) is 16.7. The van der Waals surface area contributed by atoms with Crippen molar-refractivity contribution >= 4 is 23.4 Å². The first kappa shape index (κ1) is 24.1. The molecule has 0 saturated heterocycles. The van der Waals surface area contributed by atoms with Crippen molar-refractivity contribution in [3.05, 3.63) is 77.5 Å². The van der Waals surface area contributed by atoms with Crippen LogP contribution in [-0.2, 0) is 4.79 Å². The molecule has 2 N–H and O–H groups in total. The van der Waals surface area contributed by atoms with E-state index in [4.69, 9.17) is 10.4 Å². The molecule has 7 nitrogen and oxygen atoms in total. The molecule has 1 aliphatic heterocycles. The van der Waals surface area contributed by atoms with Crippen molar-refractivity contribution < 1.29 is 35.0 Å². The summed E-state index contributed by atoms with van der Waals surface area (Å²) in [5.74, 6) is -0.334. The number of nitrogens with one attached hydrogen (secondary N) is 1. The Balaban J connectivity index is 0.00000204. The average molecular weight is 434 g/mol. The summed E-state index contributed by atoms with van der Waals surface area (Å²) in [5, 5.41) is 21.6. The topological polar surface area (TPSA) is 106 Å². The summed E-state index contributed by atoms with van der Waals surface area (Å²) < 4.78 is 0. The van der Waals surface area contributed by atoms with E-state index in [0.29, 0.717) is 17.8 Å². The minimum atomic E-state index is -0.966. The predicted molar refractivity (Wildman–Crippen MR) is 123 cm³/mol. The fourth-order valence-corrected chi connectivity index (χ4v) is 4.19. The molecule has 4 rings (SSSR count). The fourth-order valence-electron chi connectivity index (χ4n) is 4.19. The summed E-state index contributed by atoms with van der Waals surface area (Å²) in [7, 11) is 0. The second kappa shape index (κ2) is 9.91. The van der Waals surface area contributed by atoms with E-state index >= 15 is 0 Å². The number of carboxylic acids is 1. The molecule has 1 aliphatic rings. The van der Waals surface area contributed by atoms with Gasteiger partial charge in [0.25, 0.3) is 0 Å². The van der Waals surface area contributed by atoms with Gasteiger partial charge in [-0.25, -0.2) is 9.78 Å². The third-order valence-electron chi connectivity index (χ3n) is 5.70. The summed E-state index contributed by atoms with van der Waals surface area (Å²) in [6.07, 6.45) is 2.22. The number of nitriles is 1. The molecule has 0 saturated carbocycles. The molecular weight excluding hydrogens is 411 g/mol. The Hall–Kier alpha value is -3.58. The van der Waals surface area contributed by atoms with Crippen LogP contribution in [0.25, 0.3) is 11.1 Å². The summed E-state index contributed by atoms with van der Waals surface area (Å²) in [5.41, 5.74) is 4.34. The number of aromatic nitrogens is 1. The molecule has 2 atom stereocenters. The number of amides is 1. The maximum atomic E-state index is 12.4. The van der Waals surface area contributed by atoms with Crippen LogP contribution in [0, 0.1) is 11.3 Å². The monoisotopic (exact) mass is 434 g/mol. The Morgan fingerprint density at radius 2 is 1.85 bits per heavy atom. The third kappa shape index (κ3) is 4.93. The number of nitrogens with zero attached hydrogens (tertiary/aromatic N) is 3.